The number of unbranched alkanes of at least 4 members (excludes halogenated alkanes) is 1. The summed E-state index contributed by atoms with van der Waals surface area (Å²) in [5.74, 6) is 0. The molecule has 0 aromatic carbocycles. The normalized spacial score (nSPS) is 24.0. The van der Waals surface area contributed by atoms with Crippen molar-refractivity contribution in [2.45, 2.75) is 32.3 Å². The summed E-state index contributed by atoms with van der Waals surface area (Å²) < 4.78 is 5.45. The third-order valence-corrected chi connectivity index (χ3v) is 2.44. The van der Waals surface area contributed by atoms with Crippen molar-refractivity contribution in [1.29, 1.82) is 0 Å². The molecule has 0 aromatic rings. The van der Waals surface area contributed by atoms with Crippen LogP contribution in [0.4, 0.5) is 0 Å². The van der Waals surface area contributed by atoms with E-state index in [1.54, 1.807) is 0 Å². The zero-order chi connectivity index (χ0) is 9.52. The molecule has 3 heteroatoms. The number of aliphatic hydroxyl groups excluding tert-OH is 1. The first-order chi connectivity index (χ1) is 6.33. The Kier molecular flexibility index (Phi) is 5.35. The van der Waals surface area contributed by atoms with Gasteiger partial charge in [-0.05, 0) is 12.8 Å². The lowest BCUT2D eigenvalue weighted by Gasteiger charge is -2.14. The molecule has 0 saturated carbocycles. The maximum absolute atomic E-state index is 9.26. The Bertz CT molecular complexity index is 130. The van der Waals surface area contributed by atoms with Gasteiger partial charge < -0.3 is 9.84 Å². The SMILES string of the molecule is CCCCOCCN1CC[C@H](O)C1. The number of likely N-dealkylation sites (tertiary alicyclic amines) is 1. The van der Waals surface area contributed by atoms with Gasteiger partial charge in [0.2, 0.25) is 0 Å². The average molecular weight is 187 g/mol. The van der Waals surface area contributed by atoms with Crippen molar-refractivity contribution < 1.29 is 9.84 Å². The largest absolute Gasteiger partial charge is 0.392 e. The summed E-state index contributed by atoms with van der Waals surface area (Å²) in [6.45, 7) is 6.69. The van der Waals surface area contributed by atoms with E-state index in [9.17, 15) is 5.11 Å². The van der Waals surface area contributed by atoms with E-state index in [0.29, 0.717) is 0 Å². The molecule has 0 radical (unpaired) electrons. The summed E-state index contributed by atoms with van der Waals surface area (Å²) in [4.78, 5) is 2.26. The third kappa shape index (κ3) is 4.60. The van der Waals surface area contributed by atoms with Gasteiger partial charge in [0.1, 0.15) is 0 Å². The highest BCUT2D eigenvalue weighted by Crippen LogP contribution is 2.07. The molecule has 0 amide bonds. The van der Waals surface area contributed by atoms with Crippen LogP contribution in [0, 0.1) is 0 Å². The quantitative estimate of drug-likeness (QED) is 0.626. The lowest BCUT2D eigenvalue weighted by atomic mass is 10.3. The zero-order valence-corrected chi connectivity index (χ0v) is 8.54. The van der Waals surface area contributed by atoms with Crippen LogP contribution < -0.4 is 0 Å². The lowest BCUT2D eigenvalue weighted by Crippen LogP contribution is -2.26. The van der Waals surface area contributed by atoms with Crippen LogP contribution in [0.3, 0.4) is 0 Å². The van der Waals surface area contributed by atoms with Crippen molar-refractivity contribution >= 4 is 0 Å². The summed E-state index contributed by atoms with van der Waals surface area (Å²) in [6.07, 6.45) is 3.18. The number of hydrogen-bond donors (Lipinski definition) is 1. The van der Waals surface area contributed by atoms with Gasteiger partial charge in [-0.1, -0.05) is 13.3 Å². The van der Waals surface area contributed by atoms with Gasteiger partial charge in [-0.25, -0.2) is 0 Å². The van der Waals surface area contributed by atoms with E-state index in [-0.39, 0.29) is 6.10 Å². The maximum Gasteiger partial charge on any atom is 0.0679 e. The fourth-order valence-electron chi connectivity index (χ4n) is 1.56. The smallest absolute Gasteiger partial charge is 0.0679 e. The van der Waals surface area contributed by atoms with Crippen molar-refractivity contribution in [2.75, 3.05) is 32.8 Å². The third-order valence-electron chi connectivity index (χ3n) is 2.44. The highest BCUT2D eigenvalue weighted by atomic mass is 16.5. The highest BCUT2D eigenvalue weighted by molar-refractivity contribution is 4.73. The van der Waals surface area contributed by atoms with Gasteiger partial charge in [0, 0.05) is 26.2 Å². The van der Waals surface area contributed by atoms with E-state index >= 15 is 0 Å². The van der Waals surface area contributed by atoms with E-state index in [2.05, 4.69) is 11.8 Å². The molecule has 1 rings (SSSR count). The summed E-state index contributed by atoms with van der Waals surface area (Å²) in [5, 5.41) is 9.26. The van der Waals surface area contributed by atoms with Crippen molar-refractivity contribution in [3.05, 3.63) is 0 Å². The second kappa shape index (κ2) is 6.35. The molecule has 13 heavy (non-hydrogen) atoms. The van der Waals surface area contributed by atoms with Gasteiger partial charge in [0.15, 0.2) is 0 Å². The molecule has 1 fully saturated rings. The maximum atomic E-state index is 9.26. The molecule has 1 heterocycles. The molecule has 3 nitrogen and oxygen atoms in total. The predicted molar refractivity (Wildman–Crippen MR) is 52.8 cm³/mol. The first-order valence-electron chi connectivity index (χ1n) is 5.31. The summed E-state index contributed by atoms with van der Waals surface area (Å²) in [7, 11) is 0. The monoisotopic (exact) mass is 187 g/mol. The number of hydrogen-bond acceptors (Lipinski definition) is 3. The molecule has 1 aliphatic rings. The second-order valence-corrected chi connectivity index (χ2v) is 3.71. The van der Waals surface area contributed by atoms with Gasteiger partial charge in [-0.3, -0.25) is 4.90 Å². The lowest BCUT2D eigenvalue weighted by molar-refractivity contribution is 0.102. The molecule has 0 bridgehead atoms. The van der Waals surface area contributed by atoms with Gasteiger partial charge in [0.05, 0.1) is 12.7 Å². The van der Waals surface area contributed by atoms with Crippen LogP contribution in [-0.2, 0) is 4.74 Å². The van der Waals surface area contributed by atoms with Crippen molar-refractivity contribution in [3.8, 4) is 0 Å². The first-order valence-corrected chi connectivity index (χ1v) is 5.31. The van der Waals surface area contributed by atoms with E-state index in [4.69, 9.17) is 4.74 Å². The van der Waals surface area contributed by atoms with Crippen LogP contribution in [0.25, 0.3) is 0 Å². The minimum Gasteiger partial charge on any atom is -0.392 e. The van der Waals surface area contributed by atoms with E-state index < -0.39 is 0 Å². The Labute approximate surface area is 80.7 Å². The standard InChI is InChI=1S/C10H21NO2/c1-2-3-7-13-8-6-11-5-4-10(12)9-11/h10,12H,2-9H2,1H3/t10-/m0/s1. The number of aliphatic hydroxyl groups is 1. The molecule has 1 N–H and O–H groups in total. The van der Waals surface area contributed by atoms with Gasteiger partial charge >= 0.3 is 0 Å². The van der Waals surface area contributed by atoms with Gasteiger partial charge in [-0.15, -0.1) is 0 Å². The molecule has 0 spiro atoms. The Morgan fingerprint density at radius 1 is 1.46 bits per heavy atom. The number of ether oxygens (including phenoxy) is 1. The minimum absolute atomic E-state index is 0.101. The van der Waals surface area contributed by atoms with Gasteiger partial charge in [0.25, 0.3) is 0 Å². The van der Waals surface area contributed by atoms with Crippen LogP contribution in [0.1, 0.15) is 26.2 Å². The molecule has 0 aliphatic carbocycles. The molecular formula is C10H21NO2. The van der Waals surface area contributed by atoms with Crippen molar-refractivity contribution in [2.24, 2.45) is 0 Å². The first kappa shape index (κ1) is 11.0. The van der Waals surface area contributed by atoms with Crippen molar-refractivity contribution in [3.63, 3.8) is 0 Å². The second-order valence-electron chi connectivity index (χ2n) is 3.71. The molecule has 0 unspecified atom stereocenters. The zero-order valence-electron chi connectivity index (χ0n) is 8.54. The predicted octanol–water partition coefficient (Wildman–Crippen LogP) is 0.870. The van der Waals surface area contributed by atoms with Crippen LogP contribution in [0.15, 0.2) is 0 Å². The van der Waals surface area contributed by atoms with E-state index in [1.165, 1.54) is 6.42 Å². The fraction of sp³-hybridized carbons (Fsp3) is 1.00. The number of nitrogens with zero attached hydrogens (tertiary/aromatic N) is 1. The van der Waals surface area contributed by atoms with Crippen LogP contribution in [0.2, 0.25) is 0 Å². The van der Waals surface area contributed by atoms with Crippen molar-refractivity contribution in [1.82, 2.24) is 4.90 Å². The van der Waals surface area contributed by atoms with Crippen LogP contribution >= 0.6 is 0 Å². The molecule has 0 aromatic heterocycles. The number of rotatable bonds is 6. The molecule has 1 aliphatic heterocycles. The fourth-order valence-corrected chi connectivity index (χ4v) is 1.56. The summed E-state index contributed by atoms with van der Waals surface area (Å²) >= 11 is 0. The molecule has 1 atom stereocenters. The summed E-state index contributed by atoms with van der Waals surface area (Å²) in [6, 6.07) is 0. The van der Waals surface area contributed by atoms with E-state index in [0.717, 1.165) is 45.7 Å². The Morgan fingerprint density at radius 2 is 2.31 bits per heavy atom. The molecule has 1 saturated heterocycles. The van der Waals surface area contributed by atoms with E-state index in [1.807, 2.05) is 0 Å². The minimum atomic E-state index is -0.101. The van der Waals surface area contributed by atoms with Crippen LogP contribution in [0.5, 0.6) is 0 Å². The highest BCUT2D eigenvalue weighted by Gasteiger charge is 2.18. The topological polar surface area (TPSA) is 32.7 Å². The Balaban J connectivity index is 1.88. The summed E-state index contributed by atoms with van der Waals surface area (Å²) in [5.41, 5.74) is 0. The van der Waals surface area contributed by atoms with Gasteiger partial charge in [-0.2, -0.15) is 0 Å². The molecular weight excluding hydrogens is 166 g/mol. The molecule has 78 valence electrons. The van der Waals surface area contributed by atoms with Crippen LogP contribution in [-0.4, -0.2) is 49.0 Å². The Hall–Kier alpha value is -0.120. The number of β-amino-alcohol motifs (C(OH)–C–C–N with tert-alkyl or cyclic N) is 1. The Morgan fingerprint density at radius 3 is 2.92 bits per heavy atom. The average Bonchev–Trinajstić information content (AvgIpc) is 2.51.